The molecule has 0 aliphatic carbocycles. The number of ketones is 1. The fourth-order valence-electron chi connectivity index (χ4n) is 1.36. The number of carboxylic acids is 1. The Morgan fingerprint density at radius 2 is 1.47 bits per heavy atom. The van der Waals surface area contributed by atoms with E-state index in [9.17, 15) is 9.59 Å². The van der Waals surface area contributed by atoms with Gasteiger partial charge in [0.2, 0.25) is 11.6 Å². The molecule has 0 atom stereocenters. The fraction of sp³-hybridized carbons (Fsp3) is 0.818. The maximum Gasteiger partial charge on any atom is 0.311 e. The lowest BCUT2D eigenvalue weighted by Crippen LogP contribution is -2.45. The molecule has 0 spiro atoms. The average Bonchev–Trinajstić information content (AvgIpc) is 1.98. The Balaban J connectivity index is 0. The van der Waals surface area contributed by atoms with Gasteiger partial charge in [0.05, 0.1) is 12.2 Å². The van der Waals surface area contributed by atoms with E-state index in [1.165, 1.54) is 6.92 Å². The van der Waals surface area contributed by atoms with Gasteiger partial charge in [0, 0.05) is 0 Å². The lowest BCUT2D eigenvalue weighted by molar-refractivity contribution is -0.246. The zero-order valence-corrected chi connectivity index (χ0v) is 10.4. The molecular weight excluding hydrogens is 239 g/mol. The first kappa shape index (κ1) is 18.9. The quantitative estimate of drug-likeness (QED) is 0.409. The number of hydrogen-bond acceptors (Lipinski definition) is 4. The minimum atomic E-state index is -1.49. The largest absolute Gasteiger partial charge is 0.481 e. The summed E-state index contributed by atoms with van der Waals surface area (Å²) >= 11 is 0. The van der Waals surface area contributed by atoms with Crippen LogP contribution in [0.3, 0.4) is 0 Å². The zero-order valence-electron chi connectivity index (χ0n) is 10.4. The highest BCUT2D eigenvalue weighted by atomic mass is 27.0. The maximum atomic E-state index is 11.7. The Bertz CT molecular complexity index is 253. The first-order valence-corrected chi connectivity index (χ1v) is 5.28. The van der Waals surface area contributed by atoms with Crippen molar-refractivity contribution in [3.63, 3.8) is 0 Å². The molecular formula is C11H23AlO5. The molecule has 0 rings (SSSR count). The molecule has 0 amide bonds. The van der Waals surface area contributed by atoms with Crippen molar-refractivity contribution >= 4 is 29.1 Å². The third-order valence-corrected chi connectivity index (χ3v) is 1.74. The van der Waals surface area contributed by atoms with Crippen molar-refractivity contribution in [1.29, 1.82) is 0 Å². The van der Waals surface area contributed by atoms with E-state index < -0.39 is 24.0 Å². The molecule has 0 aromatic heterocycles. The van der Waals surface area contributed by atoms with Crippen molar-refractivity contribution < 1.29 is 24.2 Å². The second-order valence-corrected chi connectivity index (χ2v) is 4.27. The highest BCUT2D eigenvalue weighted by Crippen LogP contribution is 2.20. The summed E-state index contributed by atoms with van der Waals surface area (Å²) in [7, 11) is 0. The molecule has 6 heteroatoms. The number of aliphatic carboxylic acids is 1. The number of carbonyl (C=O) groups excluding carboxylic acids is 1. The molecule has 100 valence electrons. The van der Waals surface area contributed by atoms with Crippen LogP contribution in [0.5, 0.6) is 0 Å². The number of Topliss-reactive ketones (excluding diaryl/α,β-unsaturated/α-hetero) is 1. The summed E-state index contributed by atoms with van der Waals surface area (Å²) in [5, 5.41) is 8.58. The molecule has 0 unspecified atom stereocenters. The molecule has 0 bridgehead atoms. The zero-order chi connectivity index (χ0) is 12.9. The van der Waals surface area contributed by atoms with Gasteiger partial charge < -0.3 is 14.6 Å². The summed E-state index contributed by atoms with van der Waals surface area (Å²) in [6, 6.07) is 0. The number of hydrogen-bond donors (Lipinski definition) is 1. The highest BCUT2D eigenvalue weighted by molar-refractivity contribution is 5.98. The van der Waals surface area contributed by atoms with Crippen LogP contribution in [-0.2, 0) is 19.1 Å². The first-order valence-electron chi connectivity index (χ1n) is 5.28. The van der Waals surface area contributed by atoms with Crippen LogP contribution in [0.4, 0.5) is 0 Å². The lowest BCUT2D eigenvalue weighted by Gasteiger charge is -2.31. The monoisotopic (exact) mass is 262 g/mol. The van der Waals surface area contributed by atoms with Gasteiger partial charge in [-0.2, -0.15) is 0 Å². The van der Waals surface area contributed by atoms with Gasteiger partial charge >= 0.3 is 5.97 Å². The molecule has 1 N–H and O–H groups in total. The van der Waals surface area contributed by atoms with Crippen LogP contribution < -0.4 is 0 Å². The van der Waals surface area contributed by atoms with Gasteiger partial charge in [-0.1, -0.05) is 0 Å². The summed E-state index contributed by atoms with van der Waals surface area (Å²) in [5.74, 6) is -3.25. The normalized spacial score (nSPS) is 11.5. The Morgan fingerprint density at radius 3 is 1.71 bits per heavy atom. The standard InChI is InChI=1S/C11H20O5.Al.3H/c1-7(2)15-11(5,16-8(3)4)9(12)6-10(13)14;;;;/h7-8H,6H2,1-5H3,(H,13,14);;;;. The summed E-state index contributed by atoms with van der Waals surface area (Å²) in [6.07, 6.45) is -1.04. The highest BCUT2D eigenvalue weighted by Gasteiger charge is 2.38. The van der Waals surface area contributed by atoms with Gasteiger partial charge in [-0.15, -0.1) is 0 Å². The molecule has 0 fully saturated rings. The van der Waals surface area contributed by atoms with Crippen LogP contribution in [0.2, 0.25) is 0 Å². The summed E-state index contributed by atoms with van der Waals surface area (Å²) < 4.78 is 10.8. The SMILES string of the molecule is CC(C)OC(C)(OC(C)C)C(=O)CC(=O)O.[AlH3]. The fourth-order valence-corrected chi connectivity index (χ4v) is 1.36. The molecule has 0 saturated heterocycles. The number of carboxylic acid groups (broad SMARTS) is 1. The van der Waals surface area contributed by atoms with E-state index >= 15 is 0 Å². The van der Waals surface area contributed by atoms with Gasteiger partial charge in [0.25, 0.3) is 0 Å². The topological polar surface area (TPSA) is 72.8 Å². The van der Waals surface area contributed by atoms with Gasteiger partial charge in [-0.3, -0.25) is 9.59 Å². The Labute approximate surface area is 113 Å². The average molecular weight is 262 g/mol. The molecule has 0 heterocycles. The third kappa shape index (κ3) is 7.50. The summed E-state index contributed by atoms with van der Waals surface area (Å²) in [6.45, 7) is 8.50. The Kier molecular flexibility index (Phi) is 8.73. The third-order valence-electron chi connectivity index (χ3n) is 1.74. The van der Waals surface area contributed by atoms with Crippen LogP contribution in [0.25, 0.3) is 0 Å². The van der Waals surface area contributed by atoms with Gasteiger partial charge in [0.15, 0.2) is 17.4 Å². The van der Waals surface area contributed by atoms with Gasteiger partial charge in [-0.05, 0) is 34.6 Å². The molecule has 17 heavy (non-hydrogen) atoms. The number of carbonyl (C=O) groups is 2. The van der Waals surface area contributed by atoms with Crippen molar-refractivity contribution in [1.82, 2.24) is 0 Å². The van der Waals surface area contributed by atoms with Crippen molar-refractivity contribution in [2.24, 2.45) is 0 Å². The van der Waals surface area contributed by atoms with E-state index in [-0.39, 0.29) is 29.6 Å². The minimum Gasteiger partial charge on any atom is -0.481 e. The molecule has 0 aliphatic rings. The van der Waals surface area contributed by atoms with E-state index in [0.717, 1.165) is 0 Å². The van der Waals surface area contributed by atoms with Crippen molar-refractivity contribution in [2.75, 3.05) is 0 Å². The predicted molar refractivity (Wildman–Crippen MR) is 68.0 cm³/mol. The summed E-state index contributed by atoms with van der Waals surface area (Å²) in [5.41, 5.74) is 0. The molecule has 0 aromatic carbocycles. The molecule has 0 radical (unpaired) electrons. The van der Waals surface area contributed by atoms with E-state index in [0.29, 0.717) is 0 Å². The van der Waals surface area contributed by atoms with Crippen LogP contribution >= 0.6 is 0 Å². The van der Waals surface area contributed by atoms with E-state index in [1.807, 2.05) is 0 Å². The Morgan fingerprint density at radius 1 is 1.12 bits per heavy atom. The van der Waals surface area contributed by atoms with E-state index in [2.05, 4.69) is 0 Å². The number of rotatable bonds is 7. The van der Waals surface area contributed by atoms with Crippen molar-refractivity contribution in [3.8, 4) is 0 Å². The van der Waals surface area contributed by atoms with Crippen LogP contribution in [0.15, 0.2) is 0 Å². The van der Waals surface area contributed by atoms with E-state index in [4.69, 9.17) is 14.6 Å². The maximum absolute atomic E-state index is 11.7. The van der Waals surface area contributed by atoms with Crippen molar-refractivity contribution in [3.05, 3.63) is 0 Å². The van der Waals surface area contributed by atoms with Crippen molar-refractivity contribution in [2.45, 2.75) is 59.0 Å². The van der Waals surface area contributed by atoms with Gasteiger partial charge in [0.1, 0.15) is 6.42 Å². The molecule has 0 aliphatic heterocycles. The predicted octanol–water partition coefficient (Wildman–Crippen LogP) is 0.412. The summed E-state index contributed by atoms with van der Waals surface area (Å²) in [4.78, 5) is 22.2. The minimum absolute atomic E-state index is 0. The molecule has 5 nitrogen and oxygen atoms in total. The van der Waals surface area contributed by atoms with Crippen LogP contribution in [0, 0.1) is 0 Å². The second-order valence-electron chi connectivity index (χ2n) is 4.27. The second kappa shape index (κ2) is 7.83. The smallest absolute Gasteiger partial charge is 0.311 e. The van der Waals surface area contributed by atoms with E-state index in [1.54, 1.807) is 27.7 Å². The lowest BCUT2D eigenvalue weighted by atomic mass is 10.1. The number of ether oxygens (including phenoxy) is 2. The van der Waals surface area contributed by atoms with Gasteiger partial charge in [-0.25, -0.2) is 0 Å². The molecule has 0 aromatic rings. The van der Waals surface area contributed by atoms with Crippen LogP contribution in [0.1, 0.15) is 41.0 Å². The molecule has 0 saturated carbocycles. The van der Waals surface area contributed by atoms with Crippen LogP contribution in [-0.4, -0.2) is 52.2 Å². The Hall–Kier alpha value is -0.408. The first-order chi connectivity index (χ1) is 7.17.